The van der Waals surface area contributed by atoms with Crippen LogP contribution in [0.3, 0.4) is 0 Å². The van der Waals surface area contributed by atoms with Crippen molar-refractivity contribution in [1.29, 1.82) is 0 Å². The van der Waals surface area contributed by atoms with Crippen LogP contribution < -0.4 is 4.74 Å². The minimum atomic E-state index is -0.235. The molecule has 1 fully saturated rings. The van der Waals surface area contributed by atoms with Crippen molar-refractivity contribution >= 4 is 17.4 Å². The van der Waals surface area contributed by atoms with Gasteiger partial charge in [-0.3, -0.25) is 14.5 Å². The highest BCUT2D eigenvalue weighted by Crippen LogP contribution is 2.32. The maximum Gasteiger partial charge on any atom is 0.277 e. The summed E-state index contributed by atoms with van der Waals surface area (Å²) in [6.45, 7) is 5.98. The van der Waals surface area contributed by atoms with Gasteiger partial charge in [0.1, 0.15) is 11.4 Å². The van der Waals surface area contributed by atoms with Crippen molar-refractivity contribution in [3.8, 4) is 5.75 Å². The number of likely N-dealkylation sites (N-methyl/N-ethyl adjacent to an activating group) is 2. The maximum absolute atomic E-state index is 12.7. The van der Waals surface area contributed by atoms with Crippen LogP contribution in [0.2, 0.25) is 0 Å². The van der Waals surface area contributed by atoms with Gasteiger partial charge in [0.05, 0.1) is 12.2 Å². The zero-order chi connectivity index (χ0) is 18.0. The fraction of sp³-hybridized carbons (Fsp3) is 0.474. The number of rotatable bonds is 5. The van der Waals surface area contributed by atoms with Gasteiger partial charge >= 0.3 is 0 Å². The third-order valence-electron chi connectivity index (χ3n) is 4.70. The monoisotopic (exact) mass is 343 g/mol. The Balaban J connectivity index is 1.93. The van der Waals surface area contributed by atoms with Crippen LogP contribution in [0.1, 0.15) is 18.9 Å². The minimum Gasteiger partial charge on any atom is -0.494 e. The van der Waals surface area contributed by atoms with Crippen molar-refractivity contribution in [3.05, 3.63) is 35.5 Å². The molecule has 3 rings (SSSR count). The van der Waals surface area contributed by atoms with E-state index in [0.717, 1.165) is 43.9 Å². The van der Waals surface area contributed by atoms with E-state index < -0.39 is 0 Å². The standard InChI is InChI=1S/C19H25N3O3/c1-4-13-25-15-7-5-14(6-8-15)16-17(19(24)21(3)18(16)23)22-11-9-20(2)10-12-22/h5-8H,4,9-13H2,1-3H3. The van der Waals surface area contributed by atoms with E-state index in [2.05, 4.69) is 18.9 Å². The largest absolute Gasteiger partial charge is 0.494 e. The normalized spacial score (nSPS) is 19.2. The lowest BCUT2D eigenvalue weighted by Gasteiger charge is -2.34. The number of imide groups is 1. The summed E-state index contributed by atoms with van der Waals surface area (Å²) in [6.07, 6.45) is 0.943. The second kappa shape index (κ2) is 7.27. The molecule has 0 aliphatic carbocycles. The third-order valence-corrected chi connectivity index (χ3v) is 4.70. The molecule has 0 N–H and O–H groups in total. The molecule has 0 unspecified atom stereocenters. The number of carbonyl (C=O) groups excluding carboxylic acids is 2. The highest BCUT2D eigenvalue weighted by molar-refractivity contribution is 6.35. The highest BCUT2D eigenvalue weighted by atomic mass is 16.5. The van der Waals surface area contributed by atoms with Gasteiger partial charge in [-0.1, -0.05) is 19.1 Å². The summed E-state index contributed by atoms with van der Waals surface area (Å²) >= 11 is 0. The van der Waals surface area contributed by atoms with Crippen molar-refractivity contribution < 1.29 is 14.3 Å². The number of amides is 2. The predicted molar refractivity (Wildman–Crippen MR) is 96.0 cm³/mol. The van der Waals surface area contributed by atoms with Crippen molar-refractivity contribution in [2.75, 3.05) is 46.9 Å². The molecule has 6 nitrogen and oxygen atoms in total. The Kier molecular flexibility index (Phi) is 5.08. The first-order valence-electron chi connectivity index (χ1n) is 8.76. The number of carbonyl (C=O) groups is 2. The quantitative estimate of drug-likeness (QED) is 0.757. The number of piperazine rings is 1. The van der Waals surface area contributed by atoms with Crippen LogP contribution in [0, 0.1) is 0 Å². The van der Waals surface area contributed by atoms with E-state index in [1.165, 1.54) is 4.90 Å². The van der Waals surface area contributed by atoms with Crippen molar-refractivity contribution in [2.45, 2.75) is 13.3 Å². The second-order valence-electron chi connectivity index (χ2n) is 6.56. The van der Waals surface area contributed by atoms with Gasteiger partial charge < -0.3 is 14.5 Å². The molecular formula is C19H25N3O3. The smallest absolute Gasteiger partial charge is 0.277 e. The summed E-state index contributed by atoms with van der Waals surface area (Å²) in [4.78, 5) is 30.8. The van der Waals surface area contributed by atoms with Gasteiger partial charge in [-0.15, -0.1) is 0 Å². The fourth-order valence-electron chi connectivity index (χ4n) is 3.15. The zero-order valence-corrected chi connectivity index (χ0v) is 15.1. The number of ether oxygens (including phenoxy) is 1. The molecule has 0 spiro atoms. The Morgan fingerprint density at radius 1 is 0.960 bits per heavy atom. The molecule has 6 heteroatoms. The molecule has 0 bridgehead atoms. The first-order valence-corrected chi connectivity index (χ1v) is 8.76. The molecule has 134 valence electrons. The van der Waals surface area contributed by atoms with Gasteiger partial charge in [-0.2, -0.15) is 0 Å². The van der Waals surface area contributed by atoms with Gasteiger partial charge in [0.15, 0.2) is 0 Å². The third kappa shape index (κ3) is 3.39. The van der Waals surface area contributed by atoms with E-state index in [4.69, 9.17) is 4.74 Å². The Morgan fingerprint density at radius 3 is 2.20 bits per heavy atom. The van der Waals surface area contributed by atoms with Crippen LogP contribution in [0.15, 0.2) is 30.0 Å². The molecule has 0 saturated carbocycles. The van der Waals surface area contributed by atoms with E-state index in [1.807, 2.05) is 29.2 Å². The van der Waals surface area contributed by atoms with Gasteiger partial charge in [0, 0.05) is 33.2 Å². The highest BCUT2D eigenvalue weighted by Gasteiger charge is 2.39. The number of benzene rings is 1. The predicted octanol–water partition coefficient (Wildman–Crippen LogP) is 1.43. The maximum atomic E-state index is 12.7. The van der Waals surface area contributed by atoms with Crippen molar-refractivity contribution in [2.24, 2.45) is 0 Å². The summed E-state index contributed by atoms with van der Waals surface area (Å²) in [5, 5.41) is 0. The van der Waals surface area contributed by atoms with E-state index in [0.29, 0.717) is 17.9 Å². The summed E-state index contributed by atoms with van der Waals surface area (Å²) < 4.78 is 5.60. The van der Waals surface area contributed by atoms with Gasteiger partial charge in [-0.25, -0.2) is 0 Å². The second-order valence-corrected chi connectivity index (χ2v) is 6.56. The lowest BCUT2D eigenvalue weighted by atomic mass is 10.0. The topological polar surface area (TPSA) is 53.1 Å². The Morgan fingerprint density at radius 2 is 1.60 bits per heavy atom. The molecule has 2 amide bonds. The molecule has 0 atom stereocenters. The molecule has 1 aromatic carbocycles. The van der Waals surface area contributed by atoms with Crippen LogP contribution in [-0.2, 0) is 9.59 Å². The lowest BCUT2D eigenvalue weighted by molar-refractivity contribution is -0.136. The van der Waals surface area contributed by atoms with Gasteiger partial charge in [-0.05, 0) is 31.2 Å². The van der Waals surface area contributed by atoms with Crippen molar-refractivity contribution in [3.63, 3.8) is 0 Å². The molecule has 0 aromatic heterocycles. The molecule has 1 saturated heterocycles. The molecular weight excluding hydrogens is 318 g/mol. The van der Waals surface area contributed by atoms with Crippen LogP contribution in [0.5, 0.6) is 5.75 Å². The fourth-order valence-corrected chi connectivity index (χ4v) is 3.15. The number of hydrogen-bond acceptors (Lipinski definition) is 5. The molecule has 1 aromatic rings. The molecule has 2 aliphatic rings. The van der Waals surface area contributed by atoms with E-state index >= 15 is 0 Å². The van der Waals surface area contributed by atoms with E-state index in [-0.39, 0.29) is 11.8 Å². The number of hydrogen-bond donors (Lipinski definition) is 0. The molecule has 25 heavy (non-hydrogen) atoms. The SMILES string of the molecule is CCCOc1ccc(C2=C(N3CCN(C)CC3)C(=O)N(C)C2=O)cc1. The number of nitrogens with zero attached hydrogens (tertiary/aromatic N) is 3. The van der Waals surface area contributed by atoms with Crippen molar-refractivity contribution in [1.82, 2.24) is 14.7 Å². The lowest BCUT2D eigenvalue weighted by Crippen LogP contribution is -2.45. The summed E-state index contributed by atoms with van der Waals surface area (Å²) in [5.41, 5.74) is 1.79. The average molecular weight is 343 g/mol. The average Bonchev–Trinajstić information content (AvgIpc) is 2.85. The Labute approximate surface area is 148 Å². The first kappa shape index (κ1) is 17.5. The minimum absolute atomic E-state index is 0.212. The van der Waals surface area contributed by atoms with Crippen LogP contribution in [0.25, 0.3) is 5.57 Å². The summed E-state index contributed by atoms with van der Waals surface area (Å²) in [6, 6.07) is 7.44. The van der Waals surface area contributed by atoms with Crippen LogP contribution >= 0.6 is 0 Å². The first-order chi connectivity index (χ1) is 12.0. The van der Waals surface area contributed by atoms with Gasteiger partial charge in [0.2, 0.25) is 0 Å². The molecule has 2 heterocycles. The summed E-state index contributed by atoms with van der Waals surface area (Å²) in [7, 11) is 3.61. The molecule has 2 aliphatic heterocycles. The molecule has 0 radical (unpaired) electrons. The Hall–Kier alpha value is -2.34. The Bertz CT molecular complexity index is 688. The van der Waals surface area contributed by atoms with E-state index in [9.17, 15) is 9.59 Å². The van der Waals surface area contributed by atoms with Gasteiger partial charge in [0.25, 0.3) is 11.8 Å². The van der Waals surface area contributed by atoms with Crippen LogP contribution in [-0.4, -0.2) is 73.4 Å². The zero-order valence-electron chi connectivity index (χ0n) is 15.1. The summed E-state index contributed by atoms with van der Waals surface area (Å²) in [5.74, 6) is 0.328. The van der Waals surface area contributed by atoms with E-state index in [1.54, 1.807) is 7.05 Å². The van der Waals surface area contributed by atoms with Crippen LogP contribution in [0.4, 0.5) is 0 Å².